The zero-order valence-electron chi connectivity index (χ0n) is 6.24. The van der Waals surface area contributed by atoms with Crippen molar-refractivity contribution in [2.24, 2.45) is 0 Å². The Balaban J connectivity index is 2.90. The van der Waals surface area contributed by atoms with Crippen LogP contribution in [0.15, 0.2) is 18.3 Å². The molecule has 0 unspecified atom stereocenters. The molecule has 2 nitrogen and oxygen atoms in total. The smallest absolute Gasteiger partial charge is 0.126 e. The predicted molar refractivity (Wildman–Crippen MR) is 52.0 cm³/mol. The zero-order chi connectivity index (χ0) is 8.55. The number of anilines is 1. The van der Waals surface area contributed by atoms with Crippen molar-refractivity contribution in [3.63, 3.8) is 0 Å². The molecule has 0 saturated heterocycles. The monoisotopic (exact) mass is 174 g/mol. The topological polar surface area (TPSA) is 38.9 Å². The van der Waals surface area contributed by atoms with Gasteiger partial charge in [-0.05, 0) is 12.1 Å². The van der Waals surface area contributed by atoms with Crippen molar-refractivity contribution in [2.45, 2.75) is 0 Å². The Morgan fingerprint density at radius 2 is 2.42 bits per heavy atom. The summed E-state index contributed by atoms with van der Waals surface area (Å²) in [4.78, 5) is 5.83. The molecule has 2 aromatic rings. The highest BCUT2D eigenvalue weighted by Crippen LogP contribution is 2.30. The first kappa shape index (κ1) is 7.14. The number of nitrogen functional groups attached to an aromatic ring is 1. The number of nitrogens with two attached hydrogens (primary N) is 1. The molecule has 0 fully saturated rings. The number of rotatable bonds is 0. The van der Waals surface area contributed by atoms with Gasteiger partial charge in [0.05, 0.1) is 5.69 Å². The van der Waals surface area contributed by atoms with Crippen LogP contribution in [0.1, 0.15) is 4.88 Å². The normalized spacial score (nSPS) is 9.92. The minimum Gasteiger partial charge on any atom is -0.396 e. The minimum atomic E-state index is 0.672. The first-order chi connectivity index (χ1) is 5.83. The van der Waals surface area contributed by atoms with Crippen LogP contribution in [0.4, 0.5) is 5.69 Å². The van der Waals surface area contributed by atoms with Gasteiger partial charge in [-0.1, -0.05) is 5.92 Å². The molecule has 0 saturated carbocycles. The van der Waals surface area contributed by atoms with Crippen molar-refractivity contribution in [2.75, 3.05) is 5.73 Å². The molecule has 0 aliphatic heterocycles. The molecule has 58 valence electrons. The maximum atomic E-state index is 5.78. The maximum Gasteiger partial charge on any atom is 0.126 e. The molecule has 0 aromatic carbocycles. The van der Waals surface area contributed by atoms with Crippen LogP contribution in [0, 0.1) is 12.3 Å². The molecule has 0 spiro atoms. The molecule has 0 aliphatic rings. The van der Waals surface area contributed by atoms with E-state index in [0.717, 1.165) is 15.1 Å². The molecule has 2 heterocycles. The fourth-order valence-corrected chi connectivity index (χ4v) is 1.93. The quantitative estimate of drug-likeness (QED) is 0.619. The fourth-order valence-electron chi connectivity index (χ4n) is 1.06. The molecule has 2 aromatic heterocycles. The molecule has 0 radical (unpaired) electrons. The molecular formula is C9H6N2S. The number of nitrogens with zero attached hydrogens (tertiary/aromatic N) is 1. The lowest BCUT2D eigenvalue weighted by Gasteiger charge is -1.87. The Kier molecular flexibility index (Phi) is 1.49. The summed E-state index contributed by atoms with van der Waals surface area (Å²) in [6, 6.07) is 3.78. The largest absolute Gasteiger partial charge is 0.396 e. The van der Waals surface area contributed by atoms with Crippen molar-refractivity contribution < 1.29 is 0 Å². The second-order valence-corrected chi connectivity index (χ2v) is 3.34. The van der Waals surface area contributed by atoms with E-state index in [1.807, 2.05) is 12.1 Å². The summed E-state index contributed by atoms with van der Waals surface area (Å²) < 4.78 is 0. The molecule has 12 heavy (non-hydrogen) atoms. The predicted octanol–water partition coefficient (Wildman–Crippen LogP) is 1.86. The van der Waals surface area contributed by atoms with Gasteiger partial charge in [0.2, 0.25) is 0 Å². The fraction of sp³-hybridized carbons (Fsp3) is 0. The highest BCUT2D eigenvalue weighted by Gasteiger charge is 2.06. The van der Waals surface area contributed by atoms with E-state index in [9.17, 15) is 0 Å². The summed E-state index contributed by atoms with van der Waals surface area (Å²) in [5, 5.41) is 0.954. The maximum absolute atomic E-state index is 5.78. The van der Waals surface area contributed by atoms with Gasteiger partial charge < -0.3 is 5.73 Å². The molecular weight excluding hydrogens is 168 g/mol. The number of fused-ring (bicyclic) bond motifs is 1. The third kappa shape index (κ3) is 0.858. The standard InChI is InChI=1S/C9H6N2S/c1-2-7-8(10)6-4-3-5-11-9(6)12-7/h1,3-5H,10H2. The SMILES string of the molecule is C#Cc1sc2ncccc2c1N. The van der Waals surface area contributed by atoms with Gasteiger partial charge in [-0.3, -0.25) is 0 Å². The molecule has 0 aliphatic carbocycles. The Bertz CT molecular complexity index is 465. The van der Waals surface area contributed by atoms with Gasteiger partial charge in [0.1, 0.15) is 9.71 Å². The first-order valence-electron chi connectivity index (χ1n) is 3.42. The number of pyridine rings is 1. The van der Waals surface area contributed by atoms with Gasteiger partial charge >= 0.3 is 0 Å². The van der Waals surface area contributed by atoms with Crippen molar-refractivity contribution in [1.82, 2.24) is 4.98 Å². The zero-order valence-corrected chi connectivity index (χ0v) is 7.06. The molecule has 0 bridgehead atoms. The van der Waals surface area contributed by atoms with Crippen LogP contribution < -0.4 is 5.73 Å². The third-order valence-corrected chi connectivity index (χ3v) is 2.70. The van der Waals surface area contributed by atoms with Crippen LogP contribution >= 0.6 is 11.3 Å². The van der Waals surface area contributed by atoms with Crippen LogP contribution in [-0.2, 0) is 0 Å². The lowest BCUT2D eigenvalue weighted by Crippen LogP contribution is -1.84. The molecule has 3 heteroatoms. The Hall–Kier alpha value is -1.53. The van der Waals surface area contributed by atoms with Gasteiger partial charge in [-0.2, -0.15) is 0 Å². The average Bonchev–Trinajstić information content (AvgIpc) is 2.44. The highest BCUT2D eigenvalue weighted by atomic mass is 32.1. The van der Waals surface area contributed by atoms with Gasteiger partial charge in [0.25, 0.3) is 0 Å². The van der Waals surface area contributed by atoms with Gasteiger partial charge in [0.15, 0.2) is 0 Å². The van der Waals surface area contributed by atoms with Crippen LogP contribution in [-0.4, -0.2) is 4.98 Å². The van der Waals surface area contributed by atoms with E-state index >= 15 is 0 Å². The van der Waals surface area contributed by atoms with Crippen molar-refractivity contribution in [3.8, 4) is 12.3 Å². The Labute approximate surface area is 74.0 Å². The Morgan fingerprint density at radius 1 is 1.58 bits per heavy atom. The van der Waals surface area contributed by atoms with E-state index < -0.39 is 0 Å². The molecule has 0 amide bonds. The second-order valence-electron chi connectivity index (χ2n) is 2.35. The van der Waals surface area contributed by atoms with E-state index in [4.69, 9.17) is 12.2 Å². The summed E-state index contributed by atoms with van der Waals surface area (Å²) in [6.07, 6.45) is 7.00. The number of thiophene rings is 1. The van der Waals surface area contributed by atoms with Gasteiger partial charge in [-0.25, -0.2) is 4.98 Å². The van der Waals surface area contributed by atoms with Crippen molar-refractivity contribution in [1.29, 1.82) is 0 Å². The third-order valence-electron chi connectivity index (χ3n) is 1.64. The van der Waals surface area contributed by atoms with E-state index in [-0.39, 0.29) is 0 Å². The summed E-state index contributed by atoms with van der Waals surface area (Å²) >= 11 is 1.45. The van der Waals surface area contributed by atoms with Crippen LogP contribution in [0.3, 0.4) is 0 Å². The van der Waals surface area contributed by atoms with Gasteiger partial charge in [0, 0.05) is 11.6 Å². The molecule has 0 atom stereocenters. The van der Waals surface area contributed by atoms with Crippen molar-refractivity contribution in [3.05, 3.63) is 23.2 Å². The van der Waals surface area contributed by atoms with Crippen LogP contribution in [0.2, 0.25) is 0 Å². The van der Waals surface area contributed by atoms with E-state index in [1.54, 1.807) is 6.20 Å². The highest BCUT2D eigenvalue weighted by molar-refractivity contribution is 7.19. The summed E-state index contributed by atoms with van der Waals surface area (Å²) in [5.41, 5.74) is 6.45. The van der Waals surface area contributed by atoms with E-state index in [1.165, 1.54) is 11.3 Å². The number of terminal acetylenes is 1. The van der Waals surface area contributed by atoms with E-state index in [0.29, 0.717) is 5.69 Å². The van der Waals surface area contributed by atoms with Crippen molar-refractivity contribution >= 4 is 27.2 Å². The summed E-state index contributed by atoms with van der Waals surface area (Å²) in [6.45, 7) is 0. The number of hydrogen-bond donors (Lipinski definition) is 1. The lowest BCUT2D eigenvalue weighted by atomic mass is 10.3. The van der Waals surface area contributed by atoms with Crippen LogP contribution in [0.5, 0.6) is 0 Å². The number of aromatic nitrogens is 1. The Morgan fingerprint density at radius 3 is 3.08 bits per heavy atom. The molecule has 2 N–H and O–H groups in total. The first-order valence-corrected chi connectivity index (χ1v) is 4.24. The van der Waals surface area contributed by atoms with Gasteiger partial charge in [-0.15, -0.1) is 17.8 Å². The summed E-state index contributed by atoms with van der Waals surface area (Å²) in [7, 11) is 0. The van der Waals surface area contributed by atoms with E-state index in [2.05, 4.69) is 10.9 Å². The number of hydrogen-bond acceptors (Lipinski definition) is 3. The summed E-state index contributed by atoms with van der Waals surface area (Å²) in [5.74, 6) is 2.54. The lowest BCUT2D eigenvalue weighted by molar-refractivity contribution is 1.45. The minimum absolute atomic E-state index is 0.672. The average molecular weight is 174 g/mol. The van der Waals surface area contributed by atoms with Crippen LogP contribution in [0.25, 0.3) is 10.2 Å². The second kappa shape index (κ2) is 2.50. The molecule has 2 rings (SSSR count).